The van der Waals surface area contributed by atoms with Crippen LogP contribution >= 0.6 is 22.9 Å². The van der Waals surface area contributed by atoms with Gasteiger partial charge in [-0.3, -0.25) is 4.99 Å². The van der Waals surface area contributed by atoms with Crippen LogP contribution in [0.25, 0.3) is 0 Å². The number of nitrogens with zero attached hydrogens (tertiary/aromatic N) is 2. The first kappa shape index (κ1) is 16.6. The Morgan fingerprint density at radius 3 is 2.95 bits per heavy atom. The standard InChI is InChI=1S/C15H19ClN4OS/c1-3-14-19-11(9-22-14)6-7-18-15(17)20-10-4-5-13(21-2)12(16)8-10/h4-5,8-9H,3,6-7H2,1-2H3,(H3,17,18,20). The van der Waals surface area contributed by atoms with Crippen molar-refractivity contribution in [2.75, 3.05) is 19.0 Å². The number of benzene rings is 1. The minimum atomic E-state index is 0.354. The predicted molar refractivity (Wildman–Crippen MR) is 93.3 cm³/mol. The summed E-state index contributed by atoms with van der Waals surface area (Å²) in [7, 11) is 1.58. The number of guanidine groups is 1. The lowest BCUT2D eigenvalue weighted by Crippen LogP contribution is -2.23. The fourth-order valence-electron chi connectivity index (χ4n) is 1.85. The number of halogens is 1. The summed E-state index contributed by atoms with van der Waals surface area (Å²) in [6, 6.07) is 5.36. The minimum Gasteiger partial charge on any atom is -0.495 e. The van der Waals surface area contributed by atoms with Crippen molar-refractivity contribution in [1.82, 2.24) is 4.98 Å². The normalized spacial score (nSPS) is 11.5. The number of hydrogen-bond acceptors (Lipinski definition) is 4. The Labute approximate surface area is 139 Å². The average molecular weight is 339 g/mol. The molecule has 1 aromatic heterocycles. The third-order valence-electron chi connectivity index (χ3n) is 2.98. The van der Waals surface area contributed by atoms with Crippen molar-refractivity contribution in [3.8, 4) is 5.75 Å². The molecule has 3 N–H and O–H groups in total. The topological polar surface area (TPSA) is 72.5 Å². The molecule has 2 aromatic rings. The molecule has 0 aliphatic rings. The second-order valence-electron chi connectivity index (χ2n) is 4.58. The van der Waals surface area contributed by atoms with Gasteiger partial charge in [0, 0.05) is 24.0 Å². The van der Waals surface area contributed by atoms with E-state index in [2.05, 4.69) is 27.6 Å². The largest absolute Gasteiger partial charge is 0.495 e. The molecule has 118 valence electrons. The Morgan fingerprint density at radius 2 is 2.32 bits per heavy atom. The number of ether oxygens (including phenoxy) is 1. The Morgan fingerprint density at radius 1 is 1.50 bits per heavy atom. The van der Waals surface area contributed by atoms with E-state index in [1.165, 1.54) is 0 Å². The van der Waals surface area contributed by atoms with Gasteiger partial charge in [0.05, 0.1) is 22.8 Å². The third-order valence-corrected chi connectivity index (χ3v) is 4.31. The number of aromatic nitrogens is 1. The van der Waals surface area contributed by atoms with Crippen molar-refractivity contribution in [1.29, 1.82) is 0 Å². The molecule has 0 radical (unpaired) electrons. The lowest BCUT2D eigenvalue weighted by molar-refractivity contribution is 0.415. The fraction of sp³-hybridized carbons (Fsp3) is 0.333. The van der Waals surface area contributed by atoms with Crippen LogP contribution in [0.15, 0.2) is 28.6 Å². The molecule has 22 heavy (non-hydrogen) atoms. The van der Waals surface area contributed by atoms with E-state index in [-0.39, 0.29) is 0 Å². The number of aliphatic imine (C=N–C) groups is 1. The van der Waals surface area contributed by atoms with Crippen LogP contribution in [0.2, 0.25) is 5.02 Å². The molecule has 0 saturated heterocycles. The van der Waals surface area contributed by atoms with Crippen molar-refractivity contribution >= 4 is 34.6 Å². The van der Waals surface area contributed by atoms with Gasteiger partial charge in [-0.05, 0) is 24.6 Å². The highest BCUT2D eigenvalue weighted by atomic mass is 35.5. The number of methoxy groups -OCH3 is 1. The second-order valence-corrected chi connectivity index (χ2v) is 5.93. The van der Waals surface area contributed by atoms with Gasteiger partial charge in [0.1, 0.15) is 5.75 Å². The van der Waals surface area contributed by atoms with Gasteiger partial charge < -0.3 is 15.8 Å². The van der Waals surface area contributed by atoms with Crippen LogP contribution in [-0.4, -0.2) is 24.6 Å². The van der Waals surface area contributed by atoms with Crippen LogP contribution in [-0.2, 0) is 12.8 Å². The lowest BCUT2D eigenvalue weighted by Gasteiger charge is -2.08. The molecule has 0 unspecified atom stereocenters. The molecule has 0 amide bonds. The Kier molecular flexibility index (Phi) is 6.03. The molecule has 0 saturated carbocycles. The Bertz CT molecular complexity index is 657. The summed E-state index contributed by atoms with van der Waals surface area (Å²) in [5.41, 5.74) is 7.70. The maximum atomic E-state index is 6.06. The first-order valence-electron chi connectivity index (χ1n) is 6.96. The molecule has 0 atom stereocenters. The lowest BCUT2D eigenvalue weighted by atomic mass is 10.3. The molecule has 0 aliphatic heterocycles. The zero-order valence-corrected chi connectivity index (χ0v) is 14.2. The average Bonchev–Trinajstić information content (AvgIpc) is 2.95. The van der Waals surface area contributed by atoms with Gasteiger partial charge in [0.15, 0.2) is 5.96 Å². The summed E-state index contributed by atoms with van der Waals surface area (Å²) >= 11 is 7.74. The van der Waals surface area contributed by atoms with E-state index < -0.39 is 0 Å². The monoisotopic (exact) mass is 338 g/mol. The van der Waals surface area contributed by atoms with Gasteiger partial charge >= 0.3 is 0 Å². The zero-order chi connectivity index (χ0) is 15.9. The molecule has 0 bridgehead atoms. The van der Waals surface area contributed by atoms with Crippen LogP contribution in [0, 0.1) is 0 Å². The van der Waals surface area contributed by atoms with Crippen molar-refractivity contribution in [2.24, 2.45) is 10.7 Å². The predicted octanol–water partition coefficient (Wildman–Crippen LogP) is 3.34. The van der Waals surface area contributed by atoms with Crippen molar-refractivity contribution in [3.63, 3.8) is 0 Å². The van der Waals surface area contributed by atoms with Crippen molar-refractivity contribution < 1.29 is 4.74 Å². The van der Waals surface area contributed by atoms with E-state index in [9.17, 15) is 0 Å². The summed E-state index contributed by atoms with van der Waals surface area (Å²) in [5, 5.41) is 6.75. The maximum Gasteiger partial charge on any atom is 0.193 e. The number of nitrogens with two attached hydrogens (primary N) is 1. The summed E-state index contributed by atoms with van der Waals surface area (Å²) in [5.74, 6) is 0.977. The van der Waals surface area contributed by atoms with E-state index in [4.69, 9.17) is 22.1 Å². The smallest absolute Gasteiger partial charge is 0.193 e. The van der Waals surface area contributed by atoms with Gasteiger partial charge in [0.25, 0.3) is 0 Å². The summed E-state index contributed by atoms with van der Waals surface area (Å²) in [6.07, 6.45) is 1.75. The molecule has 1 aromatic carbocycles. The highest BCUT2D eigenvalue weighted by molar-refractivity contribution is 7.09. The Balaban J connectivity index is 1.88. The van der Waals surface area contributed by atoms with E-state index in [0.29, 0.717) is 23.3 Å². The zero-order valence-electron chi connectivity index (χ0n) is 12.6. The van der Waals surface area contributed by atoms with Gasteiger partial charge in [-0.15, -0.1) is 11.3 Å². The van der Waals surface area contributed by atoms with Gasteiger partial charge in [-0.1, -0.05) is 18.5 Å². The summed E-state index contributed by atoms with van der Waals surface area (Å²) < 4.78 is 5.10. The number of nitrogens with one attached hydrogen (secondary N) is 1. The Hall–Kier alpha value is -1.79. The number of thiazole rings is 1. The van der Waals surface area contributed by atoms with Crippen LogP contribution < -0.4 is 15.8 Å². The van der Waals surface area contributed by atoms with Crippen molar-refractivity contribution in [3.05, 3.63) is 39.3 Å². The van der Waals surface area contributed by atoms with E-state index in [1.807, 2.05) is 6.07 Å². The van der Waals surface area contributed by atoms with Gasteiger partial charge in [-0.2, -0.15) is 0 Å². The summed E-state index contributed by atoms with van der Waals surface area (Å²) in [6.45, 7) is 2.69. The molecule has 0 fully saturated rings. The number of rotatable bonds is 6. The number of anilines is 1. The highest BCUT2D eigenvalue weighted by Gasteiger charge is 2.03. The van der Waals surface area contributed by atoms with E-state index in [0.717, 1.165) is 29.2 Å². The molecule has 1 heterocycles. The van der Waals surface area contributed by atoms with Crippen LogP contribution in [0.3, 0.4) is 0 Å². The van der Waals surface area contributed by atoms with Gasteiger partial charge in [0.2, 0.25) is 0 Å². The van der Waals surface area contributed by atoms with Crippen LogP contribution in [0.5, 0.6) is 5.75 Å². The van der Waals surface area contributed by atoms with Crippen LogP contribution in [0.4, 0.5) is 5.69 Å². The van der Waals surface area contributed by atoms with Crippen LogP contribution in [0.1, 0.15) is 17.6 Å². The molecule has 7 heteroatoms. The number of hydrogen-bond donors (Lipinski definition) is 2. The second kappa shape index (κ2) is 8.00. The minimum absolute atomic E-state index is 0.354. The number of aryl methyl sites for hydroxylation is 1. The molecule has 5 nitrogen and oxygen atoms in total. The molecule has 2 rings (SSSR count). The highest BCUT2D eigenvalue weighted by Crippen LogP contribution is 2.27. The first-order chi connectivity index (χ1) is 10.6. The summed E-state index contributed by atoms with van der Waals surface area (Å²) in [4.78, 5) is 8.79. The quantitative estimate of drug-likeness (QED) is 0.626. The molecular weight excluding hydrogens is 320 g/mol. The molecule has 0 spiro atoms. The maximum absolute atomic E-state index is 6.06. The van der Waals surface area contributed by atoms with E-state index in [1.54, 1.807) is 30.6 Å². The van der Waals surface area contributed by atoms with E-state index >= 15 is 0 Å². The first-order valence-corrected chi connectivity index (χ1v) is 8.22. The molecule has 0 aliphatic carbocycles. The fourth-order valence-corrected chi connectivity index (χ4v) is 2.89. The SMILES string of the molecule is CCc1nc(CCN=C(N)Nc2ccc(OC)c(Cl)c2)cs1. The van der Waals surface area contributed by atoms with Gasteiger partial charge in [-0.25, -0.2) is 4.98 Å². The van der Waals surface area contributed by atoms with Crippen molar-refractivity contribution in [2.45, 2.75) is 19.8 Å². The molecular formula is C15H19ClN4OS. The third kappa shape index (κ3) is 4.61.